The van der Waals surface area contributed by atoms with Crippen LogP contribution in [0.3, 0.4) is 0 Å². The highest BCUT2D eigenvalue weighted by molar-refractivity contribution is 8.01. The minimum atomic E-state index is -0.389. The number of benzene rings is 2. The number of para-hydroxylation sites is 1. The van der Waals surface area contributed by atoms with Gasteiger partial charge in [0.05, 0.1) is 17.0 Å². The molecule has 2 aromatic carbocycles. The fourth-order valence-electron chi connectivity index (χ4n) is 2.12. The summed E-state index contributed by atoms with van der Waals surface area (Å²) in [6, 6.07) is 12.2. The molecule has 2 N–H and O–H groups in total. The first-order valence-electron chi connectivity index (χ1n) is 7.60. The SMILES string of the molecule is O=C(CSc1nccs1)Nc1ccccc1C(=O)Nc1ccc(F)cc1. The van der Waals surface area contributed by atoms with Gasteiger partial charge in [-0.05, 0) is 36.4 Å². The third kappa shape index (κ3) is 4.90. The van der Waals surface area contributed by atoms with Crippen LogP contribution in [0.1, 0.15) is 10.4 Å². The molecule has 0 saturated carbocycles. The Morgan fingerprint density at radius 2 is 1.85 bits per heavy atom. The second-order valence-electron chi connectivity index (χ2n) is 5.14. The van der Waals surface area contributed by atoms with Crippen LogP contribution in [0.4, 0.5) is 15.8 Å². The first kappa shape index (κ1) is 18.1. The predicted octanol–water partition coefficient (Wildman–Crippen LogP) is 4.27. The number of rotatable bonds is 6. The van der Waals surface area contributed by atoms with Gasteiger partial charge in [-0.3, -0.25) is 9.59 Å². The summed E-state index contributed by atoms with van der Waals surface area (Å²) in [6.07, 6.45) is 1.68. The molecule has 132 valence electrons. The molecule has 0 spiro atoms. The zero-order valence-electron chi connectivity index (χ0n) is 13.4. The van der Waals surface area contributed by atoms with E-state index in [0.29, 0.717) is 16.9 Å². The predicted molar refractivity (Wildman–Crippen MR) is 102 cm³/mol. The average molecular weight is 387 g/mol. The van der Waals surface area contributed by atoms with Gasteiger partial charge in [0.15, 0.2) is 0 Å². The van der Waals surface area contributed by atoms with Gasteiger partial charge in [0.2, 0.25) is 5.91 Å². The maximum atomic E-state index is 13.0. The fraction of sp³-hybridized carbons (Fsp3) is 0.0556. The Morgan fingerprint density at radius 1 is 1.08 bits per heavy atom. The highest BCUT2D eigenvalue weighted by atomic mass is 32.2. The highest BCUT2D eigenvalue weighted by Gasteiger charge is 2.14. The summed E-state index contributed by atoms with van der Waals surface area (Å²) in [5.74, 6) is -0.803. The largest absolute Gasteiger partial charge is 0.325 e. The number of halogens is 1. The van der Waals surface area contributed by atoms with E-state index in [9.17, 15) is 14.0 Å². The van der Waals surface area contributed by atoms with Gasteiger partial charge in [-0.1, -0.05) is 23.9 Å². The number of nitrogens with one attached hydrogen (secondary N) is 2. The number of hydrogen-bond donors (Lipinski definition) is 2. The van der Waals surface area contributed by atoms with Gasteiger partial charge in [0.1, 0.15) is 10.2 Å². The van der Waals surface area contributed by atoms with E-state index in [-0.39, 0.29) is 23.4 Å². The number of aromatic nitrogens is 1. The molecule has 0 radical (unpaired) electrons. The molecule has 5 nitrogen and oxygen atoms in total. The Kier molecular flexibility index (Phi) is 5.98. The van der Waals surface area contributed by atoms with Crippen molar-refractivity contribution in [2.45, 2.75) is 4.34 Å². The van der Waals surface area contributed by atoms with Crippen molar-refractivity contribution in [3.05, 3.63) is 71.5 Å². The molecule has 3 aromatic rings. The van der Waals surface area contributed by atoms with Crippen LogP contribution in [0.25, 0.3) is 0 Å². The van der Waals surface area contributed by atoms with Crippen LogP contribution in [0.15, 0.2) is 64.4 Å². The molecule has 8 heteroatoms. The summed E-state index contributed by atoms with van der Waals surface area (Å²) in [7, 11) is 0. The molecule has 0 unspecified atom stereocenters. The van der Waals surface area contributed by atoms with Gasteiger partial charge in [-0.25, -0.2) is 9.37 Å². The van der Waals surface area contributed by atoms with Crippen LogP contribution in [0, 0.1) is 5.82 Å². The molecule has 0 bridgehead atoms. The van der Waals surface area contributed by atoms with Crippen LogP contribution < -0.4 is 10.6 Å². The lowest BCUT2D eigenvalue weighted by molar-refractivity contribution is -0.113. The first-order valence-corrected chi connectivity index (χ1v) is 9.46. The molecular weight excluding hydrogens is 373 g/mol. The lowest BCUT2D eigenvalue weighted by Crippen LogP contribution is -2.19. The van der Waals surface area contributed by atoms with E-state index in [4.69, 9.17) is 0 Å². The number of thioether (sulfide) groups is 1. The molecule has 0 fully saturated rings. The third-order valence-corrected chi connectivity index (χ3v) is 5.25. The second kappa shape index (κ2) is 8.59. The quantitative estimate of drug-likeness (QED) is 0.620. The van der Waals surface area contributed by atoms with E-state index in [2.05, 4.69) is 15.6 Å². The Morgan fingerprint density at radius 3 is 2.58 bits per heavy atom. The lowest BCUT2D eigenvalue weighted by atomic mass is 10.1. The molecular formula is C18H14FN3O2S2. The summed E-state index contributed by atoms with van der Waals surface area (Å²) in [6.45, 7) is 0. The van der Waals surface area contributed by atoms with Gasteiger partial charge >= 0.3 is 0 Å². The molecule has 2 amide bonds. The van der Waals surface area contributed by atoms with E-state index >= 15 is 0 Å². The van der Waals surface area contributed by atoms with E-state index in [1.165, 1.54) is 47.4 Å². The number of carbonyl (C=O) groups is 2. The van der Waals surface area contributed by atoms with E-state index in [1.807, 2.05) is 5.38 Å². The lowest BCUT2D eigenvalue weighted by Gasteiger charge is -2.11. The van der Waals surface area contributed by atoms with Crippen LogP contribution in [-0.2, 0) is 4.79 Å². The molecule has 0 aliphatic rings. The minimum absolute atomic E-state index is 0.196. The van der Waals surface area contributed by atoms with Gasteiger partial charge in [0.25, 0.3) is 5.91 Å². The first-order chi connectivity index (χ1) is 12.6. The van der Waals surface area contributed by atoms with Gasteiger partial charge in [-0.15, -0.1) is 11.3 Å². The van der Waals surface area contributed by atoms with Crippen molar-refractivity contribution < 1.29 is 14.0 Å². The Hall–Kier alpha value is -2.71. The normalized spacial score (nSPS) is 10.3. The molecule has 0 atom stereocenters. The average Bonchev–Trinajstić information content (AvgIpc) is 3.16. The minimum Gasteiger partial charge on any atom is -0.325 e. The van der Waals surface area contributed by atoms with Gasteiger partial charge in [0, 0.05) is 17.3 Å². The van der Waals surface area contributed by atoms with Crippen molar-refractivity contribution in [3.63, 3.8) is 0 Å². The monoisotopic (exact) mass is 387 g/mol. The zero-order chi connectivity index (χ0) is 18.4. The Balaban J connectivity index is 1.66. The summed E-state index contributed by atoms with van der Waals surface area (Å²) in [4.78, 5) is 28.7. The summed E-state index contributed by atoms with van der Waals surface area (Å²) < 4.78 is 13.8. The Bertz CT molecular complexity index is 899. The zero-order valence-corrected chi connectivity index (χ0v) is 15.1. The van der Waals surface area contributed by atoms with E-state index < -0.39 is 0 Å². The molecule has 0 aliphatic carbocycles. The van der Waals surface area contributed by atoms with Crippen LogP contribution >= 0.6 is 23.1 Å². The summed E-state index contributed by atoms with van der Waals surface area (Å²) >= 11 is 2.79. The number of amides is 2. The molecule has 26 heavy (non-hydrogen) atoms. The maximum Gasteiger partial charge on any atom is 0.257 e. The van der Waals surface area contributed by atoms with Crippen molar-refractivity contribution in [1.82, 2.24) is 4.98 Å². The molecule has 3 rings (SSSR count). The van der Waals surface area contributed by atoms with E-state index in [1.54, 1.807) is 30.5 Å². The smallest absolute Gasteiger partial charge is 0.257 e. The van der Waals surface area contributed by atoms with Gasteiger partial charge < -0.3 is 10.6 Å². The molecule has 0 saturated heterocycles. The standard InChI is InChI=1S/C18H14FN3O2S2/c19-12-5-7-13(8-6-12)21-17(24)14-3-1-2-4-15(14)22-16(23)11-26-18-20-9-10-25-18/h1-10H,11H2,(H,21,24)(H,22,23). The Labute approximate surface area is 157 Å². The van der Waals surface area contributed by atoms with Crippen molar-refractivity contribution in [1.29, 1.82) is 0 Å². The van der Waals surface area contributed by atoms with Crippen molar-refractivity contribution in [2.75, 3.05) is 16.4 Å². The number of nitrogens with zero attached hydrogens (tertiary/aromatic N) is 1. The number of hydrogen-bond acceptors (Lipinski definition) is 5. The van der Waals surface area contributed by atoms with Crippen molar-refractivity contribution >= 4 is 46.3 Å². The number of anilines is 2. The second-order valence-corrected chi connectivity index (χ2v) is 7.26. The molecule has 1 aromatic heterocycles. The molecule has 0 aliphatic heterocycles. The molecule has 1 heterocycles. The van der Waals surface area contributed by atoms with Crippen LogP contribution in [-0.4, -0.2) is 22.6 Å². The highest BCUT2D eigenvalue weighted by Crippen LogP contribution is 2.22. The maximum absolute atomic E-state index is 13.0. The fourth-order valence-corrected chi connectivity index (χ4v) is 3.55. The van der Waals surface area contributed by atoms with Crippen LogP contribution in [0.5, 0.6) is 0 Å². The third-order valence-electron chi connectivity index (χ3n) is 3.28. The van der Waals surface area contributed by atoms with E-state index in [0.717, 1.165) is 4.34 Å². The van der Waals surface area contributed by atoms with Crippen molar-refractivity contribution in [3.8, 4) is 0 Å². The number of carbonyl (C=O) groups excluding carboxylic acids is 2. The summed E-state index contributed by atoms with van der Waals surface area (Å²) in [5, 5.41) is 7.27. The summed E-state index contributed by atoms with van der Waals surface area (Å²) in [5.41, 5.74) is 1.21. The van der Waals surface area contributed by atoms with Crippen molar-refractivity contribution in [2.24, 2.45) is 0 Å². The van der Waals surface area contributed by atoms with Gasteiger partial charge in [-0.2, -0.15) is 0 Å². The topological polar surface area (TPSA) is 71.1 Å². The number of thiazole rings is 1. The van der Waals surface area contributed by atoms with Crippen LogP contribution in [0.2, 0.25) is 0 Å².